The largest absolute Gasteiger partial charge is 0.457 e. The molecule has 0 atom stereocenters. The molecule has 0 radical (unpaired) electrons. The van der Waals surface area contributed by atoms with Crippen LogP contribution in [0.15, 0.2) is 42.5 Å². The number of hydrogen-bond donors (Lipinski definition) is 0. The molecule has 0 saturated carbocycles. The highest BCUT2D eigenvalue weighted by Gasteiger charge is 2.10. The van der Waals surface area contributed by atoms with Crippen LogP contribution in [0, 0.1) is 22.9 Å². The van der Waals surface area contributed by atoms with Crippen molar-refractivity contribution in [1.29, 1.82) is 0 Å². The van der Waals surface area contributed by atoms with E-state index in [1.807, 2.05) is 0 Å². The Bertz CT molecular complexity index is 683. The molecule has 0 fully saturated rings. The summed E-state index contributed by atoms with van der Waals surface area (Å²) in [5.74, 6) is -1.12. The molecule has 2 rings (SSSR count). The van der Waals surface area contributed by atoms with Crippen LogP contribution < -0.4 is 0 Å². The molecule has 21 heavy (non-hydrogen) atoms. The summed E-state index contributed by atoms with van der Waals surface area (Å²) < 4.78 is 18.4. The maximum atomic E-state index is 13.4. The van der Waals surface area contributed by atoms with Gasteiger partial charge in [-0.25, -0.2) is 9.18 Å². The number of hydrogen-bond acceptors (Lipinski definition) is 4. The molecule has 0 aliphatic heterocycles. The molecule has 6 heteroatoms. The monoisotopic (exact) mass is 289 g/mol. The molecule has 0 N–H and O–H groups in total. The van der Waals surface area contributed by atoms with Crippen molar-refractivity contribution in [2.75, 3.05) is 0 Å². The quantitative estimate of drug-likeness (QED) is 0.491. The Kier molecular flexibility index (Phi) is 4.27. The maximum absolute atomic E-state index is 13.4. The molecule has 0 spiro atoms. The van der Waals surface area contributed by atoms with Gasteiger partial charge in [-0.1, -0.05) is 6.07 Å². The van der Waals surface area contributed by atoms with Crippen LogP contribution in [0.4, 0.5) is 10.1 Å². The van der Waals surface area contributed by atoms with Gasteiger partial charge in [0.05, 0.1) is 10.5 Å². The molecule has 0 aliphatic rings. The van der Waals surface area contributed by atoms with Gasteiger partial charge >= 0.3 is 5.97 Å². The van der Waals surface area contributed by atoms with E-state index >= 15 is 0 Å². The third-order valence-electron chi connectivity index (χ3n) is 2.92. The van der Waals surface area contributed by atoms with E-state index in [1.54, 1.807) is 6.92 Å². The van der Waals surface area contributed by atoms with Crippen LogP contribution in [-0.2, 0) is 11.3 Å². The van der Waals surface area contributed by atoms with Crippen LogP contribution in [0.3, 0.4) is 0 Å². The lowest BCUT2D eigenvalue weighted by atomic mass is 10.1. The van der Waals surface area contributed by atoms with Crippen LogP contribution >= 0.6 is 0 Å². The number of ether oxygens (including phenoxy) is 1. The van der Waals surface area contributed by atoms with Crippen LogP contribution in [0.1, 0.15) is 21.5 Å². The molecule has 0 unspecified atom stereocenters. The summed E-state index contributed by atoms with van der Waals surface area (Å²) in [4.78, 5) is 21.8. The van der Waals surface area contributed by atoms with E-state index in [1.165, 1.54) is 36.4 Å². The molecule has 0 heterocycles. The second-order valence-electron chi connectivity index (χ2n) is 4.46. The second kappa shape index (κ2) is 6.13. The topological polar surface area (TPSA) is 69.4 Å². The summed E-state index contributed by atoms with van der Waals surface area (Å²) in [5.41, 5.74) is 1.15. The first-order valence-electron chi connectivity index (χ1n) is 6.14. The van der Waals surface area contributed by atoms with Crippen molar-refractivity contribution in [3.05, 3.63) is 75.1 Å². The number of aryl methyl sites for hydroxylation is 1. The molecule has 0 saturated heterocycles. The molecule has 0 aromatic heterocycles. The summed E-state index contributed by atoms with van der Waals surface area (Å²) in [6, 6.07) is 9.76. The van der Waals surface area contributed by atoms with Crippen LogP contribution in [0.2, 0.25) is 0 Å². The minimum atomic E-state index is -0.646. The molecule has 108 valence electrons. The lowest BCUT2D eigenvalue weighted by Gasteiger charge is -2.06. The number of nitro groups is 1. The van der Waals surface area contributed by atoms with Gasteiger partial charge in [0.25, 0.3) is 5.69 Å². The summed E-state index contributed by atoms with van der Waals surface area (Å²) in [6.45, 7) is 1.56. The molecule has 0 aliphatic carbocycles. The molecule has 0 bridgehead atoms. The van der Waals surface area contributed by atoms with Crippen molar-refractivity contribution in [3.63, 3.8) is 0 Å². The zero-order valence-electron chi connectivity index (χ0n) is 11.2. The van der Waals surface area contributed by atoms with Gasteiger partial charge in [0, 0.05) is 12.1 Å². The Morgan fingerprint density at radius 3 is 2.48 bits per heavy atom. The van der Waals surface area contributed by atoms with Crippen LogP contribution in [0.25, 0.3) is 0 Å². The zero-order chi connectivity index (χ0) is 15.4. The number of non-ortho nitro benzene ring substituents is 1. The Labute approximate surface area is 120 Å². The first-order chi connectivity index (χ1) is 9.97. The van der Waals surface area contributed by atoms with Gasteiger partial charge in [0.2, 0.25) is 0 Å². The number of nitrogens with zero attached hydrogens (tertiary/aromatic N) is 1. The van der Waals surface area contributed by atoms with E-state index in [0.717, 1.165) is 6.07 Å². The van der Waals surface area contributed by atoms with E-state index in [0.29, 0.717) is 11.1 Å². The average molecular weight is 289 g/mol. The number of rotatable bonds is 4. The highest BCUT2D eigenvalue weighted by atomic mass is 19.1. The van der Waals surface area contributed by atoms with Gasteiger partial charge in [-0.2, -0.15) is 0 Å². The van der Waals surface area contributed by atoms with Crippen LogP contribution in [0.5, 0.6) is 0 Å². The van der Waals surface area contributed by atoms with Crippen molar-refractivity contribution >= 4 is 11.7 Å². The van der Waals surface area contributed by atoms with Gasteiger partial charge in [-0.3, -0.25) is 10.1 Å². The molecule has 5 nitrogen and oxygen atoms in total. The van der Waals surface area contributed by atoms with Crippen molar-refractivity contribution in [2.24, 2.45) is 0 Å². The van der Waals surface area contributed by atoms with Gasteiger partial charge in [-0.05, 0) is 42.3 Å². The Morgan fingerprint density at radius 2 is 1.90 bits per heavy atom. The van der Waals surface area contributed by atoms with E-state index < -0.39 is 16.7 Å². The van der Waals surface area contributed by atoms with Crippen molar-refractivity contribution < 1.29 is 18.8 Å². The highest BCUT2D eigenvalue weighted by Crippen LogP contribution is 2.14. The second-order valence-corrected chi connectivity index (χ2v) is 4.46. The Balaban J connectivity index is 2.00. The maximum Gasteiger partial charge on any atom is 0.338 e. The van der Waals surface area contributed by atoms with E-state index in [2.05, 4.69) is 0 Å². The molecule has 0 amide bonds. The highest BCUT2D eigenvalue weighted by molar-refractivity contribution is 5.89. The molecular formula is C15H12FNO4. The first kappa shape index (κ1) is 14.6. The van der Waals surface area contributed by atoms with Crippen molar-refractivity contribution in [3.8, 4) is 0 Å². The third kappa shape index (κ3) is 3.62. The third-order valence-corrected chi connectivity index (χ3v) is 2.92. The fraction of sp³-hybridized carbons (Fsp3) is 0.133. The number of carbonyl (C=O) groups excluding carboxylic acids is 1. The fourth-order valence-corrected chi connectivity index (χ4v) is 1.67. The minimum Gasteiger partial charge on any atom is -0.457 e. The summed E-state index contributed by atoms with van der Waals surface area (Å²) >= 11 is 0. The smallest absolute Gasteiger partial charge is 0.338 e. The lowest BCUT2D eigenvalue weighted by Crippen LogP contribution is -2.06. The number of nitro benzene ring substituents is 1. The fourth-order valence-electron chi connectivity index (χ4n) is 1.67. The van der Waals surface area contributed by atoms with Gasteiger partial charge < -0.3 is 4.74 Å². The standard InChI is InChI=1S/C15H12FNO4/c1-10-2-5-12(8-14(10)16)15(18)21-9-11-3-6-13(7-4-11)17(19)20/h2-8H,9H2,1H3. The summed E-state index contributed by atoms with van der Waals surface area (Å²) in [5, 5.41) is 10.5. The van der Waals surface area contributed by atoms with E-state index in [9.17, 15) is 19.3 Å². The summed E-state index contributed by atoms with van der Waals surface area (Å²) in [7, 11) is 0. The van der Waals surface area contributed by atoms with Gasteiger partial charge in [-0.15, -0.1) is 0 Å². The molecular weight excluding hydrogens is 277 g/mol. The Hall–Kier alpha value is -2.76. The number of carbonyl (C=O) groups is 1. The normalized spacial score (nSPS) is 10.2. The van der Waals surface area contributed by atoms with Crippen molar-refractivity contribution in [1.82, 2.24) is 0 Å². The lowest BCUT2D eigenvalue weighted by molar-refractivity contribution is -0.384. The Morgan fingerprint density at radius 1 is 1.24 bits per heavy atom. The van der Waals surface area contributed by atoms with Gasteiger partial charge in [0.15, 0.2) is 0 Å². The first-order valence-corrected chi connectivity index (χ1v) is 6.14. The average Bonchev–Trinajstić information content (AvgIpc) is 2.48. The predicted octanol–water partition coefficient (Wildman–Crippen LogP) is 3.40. The minimum absolute atomic E-state index is 0.0354. The molecule has 2 aromatic carbocycles. The van der Waals surface area contributed by atoms with E-state index in [-0.39, 0.29) is 17.9 Å². The van der Waals surface area contributed by atoms with E-state index in [4.69, 9.17) is 4.74 Å². The number of benzene rings is 2. The molecule has 2 aromatic rings. The zero-order valence-corrected chi connectivity index (χ0v) is 11.2. The van der Waals surface area contributed by atoms with Gasteiger partial charge in [0.1, 0.15) is 12.4 Å². The van der Waals surface area contributed by atoms with Crippen molar-refractivity contribution in [2.45, 2.75) is 13.5 Å². The predicted molar refractivity (Wildman–Crippen MR) is 73.4 cm³/mol. The number of halogens is 1. The SMILES string of the molecule is Cc1ccc(C(=O)OCc2ccc([N+](=O)[O-])cc2)cc1F. The van der Waals surface area contributed by atoms with Crippen LogP contribution in [-0.4, -0.2) is 10.9 Å². The summed E-state index contributed by atoms with van der Waals surface area (Å²) in [6.07, 6.45) is 0. The number of esters is 1.